The number of allylic oxidation sites excluding steroid dienone is 1. The lowest BCUT2D eigenvalue weighted by molar-refractivity contribution is -0.182. The molecule has 0 amide bonds. The molecule has 0 aliphatic heterocycles. The zero-order chi connectivity index (χ0) is 29.4. The van der Waals surface area contributed by atoms with E-state index in [1.807, 2.05) is 17.2 Å². The number of aromatic carboxylic acids is 1. The van der Waals surface area contributed by atoms with Crippen LogP contribution < -0.4 is 10.5 Å². The van der Waals surface area contributed by atoms with E-state index in [1.54, 1.807) is 12.3 Å². The number of rotatable bonds is 9. The number of ether oxygens (including phenoxy) is 1. The molecule has 4 N–H and O–H groups in total. The van der Waals surface area contributed by atoms with Gasteiger partial charge in [0.05, 0.1) is 6.20 Å². The molecule has 3 aromatic rings. The standard InChI is InChI=1S/C20H35N.C14H11N3O3/c1-6-19-13-20(14-19,15-19)17-11-18(4,5)10-9-16(17)12-21(7-2)8-3;15-9-1-2-11(14(18)19)12(6-9)20-10-5-8-3-4-16-13(8)17-7-10/h6-15H2,1-5H3;1-7H,15H2,(H,16,17)(H,18,19). The molecule has 4 aliphatic carbocycles. The van der Waals surface area contributed by atoms with Gasteiger partial charge in [-0.15, -0.1) is 0 Å². The molecule has 0 saturated heterocycles. The van der Waals surface area contributed by atoms with E-state index >= 15 is 0 Å². The minimum absolute atomic E-state index is 0.0494. The number of anilines is 1. The molecule has 41 heavy (non-hydrogen) atoms. The van der Waals surface area contributed by atoms with Crippen molar-refractivity contribution < 1.29 is 14.6 Å². The smallest absolute Gasteiger partial charge is 0.339 e. The zero-order valence-electron chi connectivity index (χ0n) is 25.3. The van der Waals surface area contributed by atoms with Crippen LogP contribution in [0.1, 0.15) is 89.9 Å². The number of nitrogens with zero attached hydrogens (tertiary/aromatic N) is 2. The number of fused-ring (bicyclic) bond motifs is 1. The van der Waals surface area contributed by atoms with Crippen molar-refractivity contribution in [3.63, 3.8) is 0 Å². The lowest BCUT2D eigenvalue weighted by Crippen LogP contribution is -2.62. The summed E-state index contributed by atoms with van der Waals surface area (Å²) >= 11 is 0. The highest BCUT2D eigenvalue weighted by Crippen LogP contribution is 2.79. The van der Waals surface area contributed by atoms with Crippen LogP contribution in [-0.4, -0.2) is 45.6 Å². The van der Waals surface area contributed by atoms with Gasteiger partial charge in [-0.3, -0.25) is 4.90 Å². The molecule has 2 heterocycles. The van der Waals surface area contributed by atoms with Crippen molar-refractivity contribution in [3.8, 4) is 11.5 Å². The van der Waals surface area contributed by atoms with Gasteiger partial charge in [-0.25, -0.2) is 9.78 Å². The van der Waals surface area contributed by atoms with Crippen LogP contribution >= 0.6 is 0 Å². The highest BCUT2D eigenvalue weighted by atomic mass is 16.5. The molecule has 3 fully saturated rings. The Morgan fingerprint density at radius 3 is 2.51 bits per heavy atom. The number of nitrogens with two attached hydrogens (primary N) is 1. The van der Waals surface area contributed by atoms with Crippen LogP contribution in [0, 0.1) is 16.2 Å². The summed E-state index contributed by atoms with van der Waals surface area (Å²) < 4.78 is 5.59. The summed E-state index contributed by atoms with van der Waals surface area (Å²) in [5, 5.41) is 10.0. The van der Waals surface area contributed by atoms with Crippen molar-refractivity contribution in [2.75, 3.05) is 25.4 Å². The second-order valence-corrected chi connectivity index (χ2v) is 13.3. The number of likely N-dealkylation sites (N-methyl/N-ethyl adjacent to an activating group) is 1. The summed E-state index contributed by atoms with van der Waals surface area (Å²) in [4.78, 5) is 20.9. The summed E-state index contributed by atoms with van der Waals surface area (Å²) in [6.45, 7) is 15.6. The molecule has 2 bridgehead atoms. The first-order valence-electron chi connectivity index (χ1n) is 15.2. The predicted octanol–water partition coefficient (Wildman–Crippen LogP) is 8.05. The Morgan fingerprint density at radius 2 is 1.85 bits per heavy atom. The number of nitrogens with one attached hydrogen (secondary N) is 1. The molecule has 0 spiro atoms. The highest BCUT2D eigenvalue weighted by Gasteiger charge is 2.68. The third kappa shape index (κ3) is 5.87. The van der Waals surface area contributed by atoms with Crippen LogP contribution in [0.5, 0.6) is 11.5 Å². The number of H-pyrrole nitrogens is 1. The first-order valence-corrected chi connectivity index (χ1v) is 15.2. The number of carbonyl (C=O) groups is 1. The topological polar surface area (TPSA) is 104 Å². The van der Waals surface area contributed by atoms with Crippen molar-refractivity contribution in [1.29, 1.82) is 0 Å². The van der Waals surface area contributed by atoms with Crippen molar-refractivity contribution in [2.45, 2.75) is 79.6 Å². The number of pyridine rings is 1. The van der Waals surface area contributed by atoms with E-state index in [0.717, 1.165) is 16.4 Å². The van der Waals surface area contributed by atoms with Crippen molar-refractivity contribution in [1.82, 2.24) is 14.9 Å². The largest absolute Gasteiger partial charge is 0.478 e. The van der Waals surface area contributed by atoms with Crippen molar-refractivity contribution in [3.05, 3.63) is 59.4 Å². The van der Waals surface area contributed by atoms with Crippen LogP contribution in [0.3, 0.4) is 0 Å². The number of nitrogen functional groups attached to an aromatic ring is 1. The van der Waals surface area contributed by atoms with Crippen LogP contribution in [0.15, 0.2) is 53.9 Å². The maximum absolute atomic E-state index is 11.2. The lowest BCUT2D eigenvalue weighted by Gasteiger charge is -2.73. The monoisotopic (exact) mass is 558 g/mol. The summed E-state index contributed by atoms with van der Waals surface area (Å²) in [5.41, 5.74) is 12.6. The number of carboxylic acids is 1. The Morgan fingerprint density at radius 1 is 1.12 bits per heavy atom. The van der Waals surface area contributed by atoms with Gasteiger partial charge in [-0.05, 0) is 92.1 Å². The van der Waals surface area contributed by atoms with Gasteiger partial charge in [0.1, 0.15) is 22.7 Å². The van der Waals surface area contributed by atoms with Crippen LogP contribution in [0.2, 0.25) is 0 Å². The molecule has 0 unspecified atom stereocenters. The van der Waals surface area contributed by atoms with E-state index in [4.69, 9.17) is 15.6 Å². The van der Waals surface area contributed by atoms with E-state index < -0.39 is 5.97 Å². The van der Waals surface area contributed by atoms with Gasteiger partial charge in [0.15, 0.2) is 0 Å². The third-order valence-corrected chi connectivity index (χ3v) is 9.86. The second-order valence-electron chi connectivity index (χ2n) is 13.3. The fourth-order valence-corrected chi connectivity index (χ4v) is 7.38. The Bertz CT molecular complexity index is 1430. The van der Waals surface area contributed by atoms with Crippen molar-refractivity contribution in [2.24, 2.45) is 16.2 Å². The molecule has 1 aromatic carbocycles. The Labute approximate surface area is 244 Å². The van der Waals surface area contributed by atoms with Gasteiger partial charge in [-0.2, -0.15) is 0 Å². The maximum atomic E-state index is 11.2. The molecular weight excluding hydrogens is 512 g/mol. The quantitative estimate of drug-likeness (QED) is 0.181. The van der Waals surface area contributed by atoms with Crippen LogP contribution in [0.4, 0.5) is 5.69 Å². The molecule has 4 aliphatic rings. The molecule has 2 aromatic heterocycles. The Hall–Kier alpha value is -3.32. The average Bonchev–Trinajstić information content (AvgIpc) is 3.35. The first kappa shape index (κ1) is 29.2. The number of aromatic nitrogens is 2. The molecule has 7 rings (SSSR count). The molecule has 3 saturated carbocycles. The minimum Gasteiger partial charge on any atom is -0.478 e. The van der Waals surface area contributed by atoms with E-state index in [1.165, 1.54) is 89.0 Å². The number of hydrogen-bond acceptors (Lipinski definition) is 5. The predicted molar refractivity (Wildman–Crippen MR) is 165 cm³/mol. The van der Waals surface area contributed by atoms with Gasteiger partial charge >= 0.3 is 5.97 Å². The number of hydrogen-bond donors (Lipinski definition) is 3. The number of aromatic amines is 1. The van der Waals surface area contributed by atoms with E-state index in [2.05, 4.69) is 49.5 Å². The number of benzene rings is 1. The number of carboxylic acid groups (broad SMARTS) is 1. The van der Waals surface area contributed by atoms with Gasteiger partial charge in [-0.1, -0.05) is 52.2 Å². The minimum atomic E-state index is -1.07. The molecule has 7 nitrogen and oxygen atoms in total. The van der Waals surface area contributed by atoms with E-state index in [-0.39, 0.29) is 11.3 Å². The summed E-state index contributed by atoms with van der Waals surface area (Å²) in [6.07, 6.45) is 13.4. The second kappa shape index (κ2) is 11.2. The SMILES string of the molecule is CCN(CC)CC1=C(C23CC(CC)(C2)C3)CC(C)(C)CC1.Nc1ccc(C(=O)O)c(Oc2cnc3[nH]ccc3c2)c1. The molecule has 7 heteroatoms. The third-order valence-electron chi connectivity index (χ3n) is 9.86. The fourth-order valence-electron chi connectivity index (χ4n) is 7.38. The highest BCUT2D eigenvalue weighted by molar-refractivity contribution is 5.91. The first-order chi connectivity index (χ1) is 19.5. The normalized spacial score (nSPS) is 24.3. The van der Waals surface area contributed by atoms with Crippen molar-refractivity contribution >= 4 is 22.7 Å². The van der Waals surface area contributed by atoms with Gasteiger partial charge in [0.25, 0.3) is 0 Å². The van der Waals surface area contributed by atoms with E-state index in [0.29, 0.717) is 22.3 Å². The van der Waals surface area contributed by atoms with Gasteiger partial charge < -0.3 is 20.6 Å². The van der Waals surface area contributed by atoms with Crippen LogP contribution in [-0.2, 0) is 0 Å². The molecule has 220 valence electrons. The zero-order valence-corrected chi connectivity index (χ0v) is 25.3. The molecule has 0 radical (unpaired) electrons. The summed E-state index contributed by atoms with van der Waals surface area (Å²) in [6, 6.07) is 8.03. The summed E-state index contributed by atoms with van der Waals surface area (Å²) in [5.74, 6) is -0.435. The lowest BCUT2D eigenvalue weighted by atomic mass is 9.31. The van der Waals surface area contributed by atoms with Crippen LogP contribution in [0.25, 0.3) is 11.0 Å². The fraction of sp³-hybridized carbons (Fsp3) is 0.529. The Kier molecular flexibility index (Phi) is 7.94. The van der Waals surface area contributed by atoms with Gasteiger partial charge in [0, 0.05) is 29.9 Å². The molecular formula is C34H46N4O3. The Balaban J connectivity index is 0.000000165. The maximum Gasteiger partial charge on any atom is 0.339 e. The molecule has 0 atom stereocenters. The summed E-state index contributed by atoms with van der Waals surface area (Å²) in [7, 11) is 0. The average molecular weight is 559 g/mol. The van der Waals surface area contributed by atoms with E-state index in [9.17, 15) is 4.79 Å². The van der Waals surface area contributed by atoms with Gasteiger partial charge in [0.2, 0.25) is 0 Å².